The molecule has 2 N–H and O–H groups in total. The van der Waals surface area contributed by atoms with Crippen molar-refractivity contribution in [2.24, 2.45) is 0 Å². The van der Waals surface area contributed by atoms with Crippen LogP contribution in [-0.4, -0.2) is 16.9 Å². The molecule has 0 aliphatic carbocycles. The van der Waals surface area contributed by atoms with Crippen molar-refractivity contribution < 1.29 is 14.7 Å². The minimum absolute atomic E-state index is 0.163. The van der Waals surface area contributed by atoms with E-state index in [1.54, 1.807) is 12.1 Å². The minimum atomic E-state index is -0.935. The van der Waals surface area contributed by atoms with Gasteiger partial charge in [0.1, 0.15) is 0 Å². The van der Waals surface area contributed by atoms with E-state index in [1.807, 2.05) is 60.7 Å². The molecule has 0 heterocycles. The Kier molecular flexibility index (Phi) is 6.80. The fraction of sp³-hybridized carbons (Fsp3) is 0.200. The van der Waals surface area contributed by atoms with Gasteiger partial charge in [-0.15, -0.1) is 0 Å². The number of para-hydroxylation sites is 1. The highest BCUT2D eigenvalue weighted by Gasteiger charge is 2.12. The number of ketones is 1. The van der Waals surface area contributed by atoms with E-state index >= 15 is 0 Å². The predicted octanol–water partition coefficient (Wildman–Crippen LogP) is 6.04. The van der Waals surface area contributed by atoms with Gasteiger partial charge in [0.25, 0.3) is 0 Å². The monoisotopic (exact) mass is 387 g/mol. The topological polar surface area (TPSA) is 66.4 Å². The maximum Gasteiger partial charge on any atom is 0.336 e. The second-order valence-electron chi connectivity index (χ2n) is 6.97. The summed E-state index contributed by atoms with van der Waals surface area (Å²) >= 11 is 0. The lowest BCUT2D eigenvalue weighted by Crippen LogP contribution is -2.07. The first-order valence-electron chi connectivity index (χ1n) is 9.88. The summed E-state index contributed by atoms with van der Waals surface area (Å²) in [6.45, 7) is 2.66. The summed E-state index contributed by atoms with van der Waals surface area (Å²) in [5.41, 5.74) is 4.48. The Morgan fingerprint density at radius 3 is 2.21 bits per heavy atom. The van der Waals surface area contributed by atoms with E-state index in [0.717, 1.165) is 35.2 Å². The van der Waals surface area contributed by atoms with Gasteiger partial charge in [-0.05, 0) is 41.3 Å². The van der Waals surface area contributed by atoms with E-state index in [1.165, 1.54) is 0 Å². The Labute approximate surface area is 171 Å². The first kappa shape index (κ1) is 20.3. The van der Waals surface area contributed by atoms with E-state index in [2.05, 4.69) is 12.2 Å². The molecule has 3 rings (SSSR count). The quantitative estimate of drug-likeness (QED) is 0.440. The van der Waals surface area contributed by atoms with E-state index < -0.39 is 5.97 Å². The molecule has 0 atom stereocenters. The summed E-state index contributed by atoms with van der Waals surface area (Å²) in [6, 6.07) is 22.4. The molecule has 0 saturated heterocycles. The SMILES string of the molecule is CCCCC(=O)c1ccccc1NCc1ccc(-c2ccccc2C(=O)O)cc1. The van der Waals surface area contributed by atoms with Gasteiger partial charge in [-0.1, -0.05) is 67.9 Å². The Morgan fingerprint density at radius 2 is 1.52 bits per heavy atom. The van der Waals surface area contributed by atoms with Gasteiger partial charge in [0.05, 0.1) is 5.56 Å². The van der Waals surface area contributed by atoms with E-state index in [4.69, 9.17) is 0 Å². The molecule has 3 aromatic carbocycles. The molecule has 4 nitrogen and oxygen atoms in total. The van der Waals surface area contributed by atoms with Crippen LogP contribution in [0.25, 0.3) is 11.1 Å². The largest absolute Gasteiger partial charge is 0.478 e. The highest BCUT2D eigenvalue weighted by Crippen LogP contribution is 2.25. The van der Waals surface area contributed by atoms with Gasteiger partial charge in [0.2, 0.25) is 0 Å². The summed E-state index contributed by atoms with van der Waals surface area (Å²) in [5, 5.41) is 12.7. The highest BCUT2D eigenvalue weighted by atomic mass is 16.4. The average Bonchev–Trinajstić information content (AvgIpc) is 2.76. The molecular formula is C25H25NO3. The molecule has 3 aromatic rings. The highest BCUT2D eigenvalue weighted by molar-refractivity contribution is 6.01. The Balaban J connectivity index is 1.72. The Hall–Kier alpha value is -3.40. The number of rotatable bonds is 9. The molecule has 0 aliphatic heterocycles. The van der Waals surface area contributed by atoms with Crippen molar-refractivity contribution in [1.29, 1.82) is 0 Å². The molecule has 29 heavy (non-hydrogen) atoms. The number of hydrogen-bond donors (Lipinski definition) is 2. The van der Waals surface area contributed by atoms with Crippen LogP contribution in [0.3, 0.4) is 0 Å². The van der Waals surface area contributed by atoms with Crippen molar-refractivity contribution in [2.45, 2.75) is 32.7 Å². The zero-order valence-corrected chi connectivity index (χ0v) is 16.5. The number of hydrogen-bond acceptors (Lipinski definition) is 3. The number of carboxylic acids is 1. The van der Waals surface area contributed by atoms with Gasteiger partial charge in [-0.25, -0.2) is 4.79 Å². The lowest BCUT2D eigenvalue weighted by Gasteiger charge is -2.12. The van der Waals surface area contributed by atoms with Gasteiger partial charge in [0.15, 0.2) is 5.78 Å². The van der Waals surface area contributed by atoms with Crippen LogP contribution in [0.2, 0.25) is 0 Å². The second-order valence-corrected chi connectivity index (χ2v) is 6.97. The second kappa shape index (κ2) is 9.69. The summed E-state index contributed by atoms with van der Waals surface area (Å²) in [4.78, 5) is 23.9. The molecular weight excluding hydrogens is 362 g/mol. The zero-order valence-electron chi connectivity index (χ0n) is 16.5. The first-order valence-corrected chi connectivity index (χ1v) is 9.88. The third kappa shape index (κ3) is 5.11. The van der Waals surface area contributed by atoms with Crippen LogP contribution < -0.4 is 5.32 Å². The molecule has 0 amide bonds. The zero-order chi connectivity index (χ0) is 20.6. The van der Waals surface area contributed by atoms with Gasteiger partial charge in [0, 0.05) is 24.2 Å². The number of aromatic carboxylic acids is 1. The minimum Gasteiger partial charge on any atom is -0.478 e. The normalized spacial score (nSPS) is 10.5. The molecule has 148 valence electrons. The molecule has 0 aromatic heterocycles. The smallest absolute Gasteiger partial charge is 0.336 e. The van der Waals surface area contributed by atoms with Crippen molar-refractivity contribution in [3.63, 3.8) is 0 Å². The Bertz CT molecular complexity index is 993. The van der Waals surface area contributed by atoms with Crippen molar-refractivity contribution in [3.05, 3.63) is 89.5 Å². The van der Waals surface area contributed by atoms with Gasteiger partial charge in [-0.3, -0.25) is 4.79 Å². The molecule has 0 bridgehead atoms. The molecule has 0 spiro atoms. The van der Waals surface area contributed by atoms with Crippen LogP contribution in [0.15, 0.2) is 72.8 Å². The van der Waals surface area contributed by atoms with E-state index in [9.17, 15) is 14.7 Å². The lowest BCUT2D eigenvalue weighted by molar-refractivity contribution is 0.0697. The van der Waals surface area contributed by atoms with Gasteiger partial charge < -0.3 is 10.4 Å². The fourth-order valence-electron chi connectivity index (χ4n) is 3.27. The molecule has 0 unspecified atom stereocenters. The number of carbonyl (C=O) groups excluding carboxylic acids is 1. The van der Waals surface area contributed by atoms with E-state index in [0.29, 0.717) is 18.5 Å². The summed E-state index contributed by atoms with van der Waals surface area (Å²) < 4.78 is 0. The first-order chi connectivity index (χ1) is 14.1. The molecule has 0 aliphatic rings. The average molecular weight is 387 g/mol. The lowest BCUT2D eigenvalue weighted by atomic mass is 9.98. The molecule has 0 fully saturated rings. The number of nitrogens with one attached hydrogen (secondary N) is 1. The number of benzene rings is 3. The third-order valence-electron chi connectivity index (χ3n) is 4.89. The number of anilines is 1. The summed E-state index contributed by atoms with van der Waals surface area (Å²) in [6.07, 6.45) is 2.46. The number of unbranched alkanes of at least 4 members (excludes halogenated alkanes) is 1. The number of Topliss-reactive ketones (excluding diaryl/α,β-unsaturated/α-hetero) is 1. The van der Waals surface area contributed by atoms with Crippen LogP contribution >= 0.6 is 0 Å². The predicted molar refractivity (Wildman–Crippen MR) is 116 cm³/mol. The van der Waals surface area contributed by atoms with E-state index in [-0.39, 0.29) is 11.3 Å². The molecule has 4 heteroatoms. The third-order valence-corrected chi connectivity index (χ3v) is 4.89. The van der Waals surface area contributed by atoms with Gasteiger partial charge >= 0.3 is 5.97 Å². The number of carboxylic acid groups (broad SMARTS) is 1. The fourth-order valence-corrected chi connectivity index (χ4v) is 3.27. The molecule has 0 radical (unpaired) electrons. The summed E-state index contributed by atoms with van der Waals surface area (Å²) in [7, 11) is 0. The van der Waals surface area contributed by atoms with Crippen molar-refractivity contribution in [1.82, 2.24) is 0 Å². The van der Waals surface area contributed by atoms with Gasteiger partial charge in [-0.2, -0.15) is 0 Å². The van der Waals surface area contributed by atoms with Crippen molar-refractivity contribution in [2.75, 3.05) is 5.32 Å². The summed E-state index contributed by atoms with van der Waals surface area (Å²) in [5.74, 6) is -0.772. The van der Waals surface area contributed by atoms with Crippen LogP contribution in [0.5, 0.6) is 0 Å². The maximum absolute atomic E-state index is 12.4. The van der Waals surface area contributed by atoms with Crippen molar-refractivity contribution >= 4 is 17.4 Å². The van der Waals surface area contributed by atoms with Crippen LogP contribution in [0.4, 0.5) is 5.69 Å². The standard InChI is InChI=1S/C25H25NO3/c1-2-3-12-24(27)22-10-6-7-11-23(22)26-17-18-13-15-19(16-14-18)20-8-4-5-9-21(20)25(28)29/h4-11,13-16,26H,2-3,12,17H2,1H3,(H,28,29). The van der Waals surface area contributed by atoms with Crippen molar-refractivity contribution in [3.8, 4) is 11.1 Å². The van der Waals surface area contributed by atoms with Crippen LogP contribution in [-0.2, 0) is 6.54 Å². The van der Waals surface area contributed by atoms with Crippen LogP contribution in [0.1, 0.15) is 52.5 Å². The Morgan fingerprint density at radius 1 is 0.862 bits per heavy atom. The number of carbonyl (C=O) groups is 2. The maximum atomic E-state index is 12.4. The van der Waals surface area contributed by atoms with Crippen LogP contribution in [0, 0.1) is 0 Å². The molecule has 0 saturated carbocycles.